The fraction of sp³-hybridized carbons (Fsp3) is 0.588. The van der Waals surface area contributed by atoms with Gasteiger partial charge in [-0.2, -0.15) is 0 Å². The average molecular weight is 275 g/mol. The first-order chi connectivity index (χ1) is 9.13. The Morgan fingerprint density at radius 2 is 1.65 bits per heavy atom. The van der Waals surface area contributed by atoms with Crippen LogP contribution in [0.25, 0.3) is 0 Å². The van der Waals surface area contributed by atoms with Crippen LogP contribution in [0, 0.1) is 0 Å². The maximum absolute atomic E-state index is 10.8. The van der Waals surface area contributed by atoms with Gasteiger partial charge in [0.05, 0.1) is 0 Å². The van der Waals surface area contributed by atoms with Crippen LogP contribution in [-0.4, -0.2) is 11.1 Å². The number of nitrogen functional groups attached to an aromatic ring is 1. The fourth-order valence-corrected chi connectivity index (χ4v) is 3.13. The molecule has 1 aliphatic carbocycles. The number of hydrogen-bond donors (Lipinski definition) is 2. The summed E-state index contributed by atoms with van der Waals surface area (Å²) in [5.74, 6) is -0.776. The molecule has 0 spiro atoms. The molecule has 0 saturated carbocycles. The van der Waals surface area contributed by atoms with Gasteiger partial charge in [-0.1, -0.05) is 33.8 Å². The molecule has 2 rings (SSSR count). The van der Waals surface area contributed by atoms with Gasteiger partial charge < -0.3 is 10.8 Å². The number of aliphatic carboxylic acids is 1. The quantitative estimate of drug-likeness (QED) is 0.828. The molecule has 1 aromatic carbocycles. The first-order valence-electron chi connectivity index (χ1n) is 7.29. The zero-order chi connectivity index (χ0) is 15.1. The second-order valence-corrected chi connectivity index (χ2v) is 7.26. The van der Waals surface area contributed by atoms with Crippen LogP contribution in [0.3, 0.4) is 0 Å². The maximum Gasteiger partial charge on any atom is 0.303 e. The molecule has 0 heterocycles. The van der Waals surface area contributed by atoms with Gasteiger partial charge in [0, 0.05) is 12.1 Å². The Kier molecular flexibility index (Phi) is 3.57. The normalized spacial score (nSPS) is 19.4. The second-order valence-electron chi connectivity index (χ2n) is 7.26. The number of rotatable bonds is 3. The third-order valence-corrected chi connectivity index (χ3v) is 4.72. The minimum atomic E-state index is -0.776. The molecular weight excluding hydrogens is 250 g/mol. The lowest BCUT2D eigenvalue weighted by Crippen LogP contribution is -2.34. The number of benzene rings is 1. The van der Waals surface area contributed by atoms with Crippen LogP contribution in [0.15, 0.2) is 12.1 Å². The van der Waals surface area contributed by atoms with Crippen LogP contribution in [0.5, 0.6) is 0 Å². The number of nitrogens with two attached hydrogens (primary N) is 1. The molecule has 0 saturated heterocycles. The van der Waals surface area contributed by atoms with Gasteiger partial charge in [-0.15, -0.1) is 0 Å². The minimum absolute atomic E-state index is 0.132. The number of hydrogen-bond acceptors (Lipinski definition) is 2. The molecule has 0 atom stereocenters. The lowest BCUT2D eigenvalue weighted by atomic mass is 9.62. The highest BCUT2D eigenvalue weighted by molar-refractivity contribution is 5.68. The van der Waals surface area contributed by atoms with Gasteiger partial charge in [0.2, 0.25) is 0 Å². The van der Waals surface area contributed by atoms with Crippen molar-refractivity contribution in [2.75, 3.05) is 5.73 Å². The Labute approximate surface area is 121 Å². The smallest absolute Gasteiger partial charge is 0.303 e. The molecular formula is C17H25NO2. The monoisotopic (exact) mass is 275 g/mol. The number of carboxylic acid groups (broad SMARTS) is 1. The zero-order valence-corrected chi connectivity index (χ0v) is 12.9. The lowest BCUT2D eigenvalue weighted by molar-refractivity contribution is -0.136. The number of anilines is 1. The highest BCUT2D eigenvalue weighted by atomic mass is 16.4. The van der Waals surface area contributed by atoms with Crippen molar-refractivity contribution in [2.45, 2.75) is 64.2 Å². The van der Waals surface area contributed by atoms with Crippen molar-refractivity contribution in [2.24, 2.45) is 0 Å². The Morgan fingerprint density at radius 3 is 2.15 bits per heavy atom. The Bertz CT molecular complexity index is 544. The number of fused-ring (bicyclic) bond motifs is 1. The van der Waals surface area contributed by atoms with Crippen molar-refractivity contribution in [1.82, 2.24) is 0 Å². The van der Waals surface area contributed by atoms with Gasteiger partial charge in [-0.3, -0.25) is 4.79 Å². The van der Waals surface area contributed by atoms with Crippen LogP contribution in [0.2, 0.25) is 0 Å². The highest BCUT2D eigenvalue weighted by Crippen LogP contribution is 2.47. The molecule has 0 aliphatic heterocycles. The van der Waals surface area contributed by atoms with E-state index in [9.17, 15) is 4.79 Å². The van der Waals surface area contributed by atoms with Crippen molar-refractivity contribution >= 4 is 11.7 Å². The van der Waals surface area contributed by atoms with Crippen molar-refractivity contribution < 1.29 is 9.90 Å². The summed E-state index contributed by atoms with van der Waals surface area (Å²) in [6.45, 7) is 9.05. The predicted molar refractivity (Wildman–Crippen MR) is 82.1 cm³/mol. The number of carboxylic acids is 1. The second kappa shape index (κ2) is 4.80. The molecule has 0 radical (unpaired) electrons. The van der Waals surface area contributed by atoms with Gasteiger partial charge in [0.1, 0.15) is 0 Å². The summed E-state index contributed by atoms with van der Waals surface area (Å²) in [6.07, 6.45) is 2.94. The highest BCUT2D eigenvalue weighted by Gasteiger charge is 2.37. The van der Waals surface area contributed by atoms with Crippen LogP contribution in [0.4, 0.5) is 5.69 Å². The van der Waals surface area contributed by atoms with Crippen LogP contribution >= 0.6 is 0 Å². The number of carbonyl (C=O) groups is 1. The summed E-state index contributed by atoms with van der Waals surface area (Å²) in [6, 6.07) is 4.22. The summed E-state index contributed by atoms with van der Waals surface area (Å²) in [5, 5.41) is 8.85. The van der Waals surface area contributed by atoms with Crippen molar-refractivity contribution in [1.29, 1.82) is 0 Å². The molecule has 3 heteroatoms. The van der Waals surface area contributed by atoms with E-state index in [2.05, 4.69) is 39.8 Å². The molecule has 110 valence electrons. The molecule has 0 aromatic heterocycles. The number of aryl methyl sites for hydroxylation is 1. The van der Waals surface area contributed by atoms with Gasteiger partial charge in [0.15, 0.2) is 0 Å². The molecule has 0 fully saturated rings. The van der Waals surface area contributed by atoms with Crippen LogP contribution in [-0.2, 0) is 22.0 Å². The molecule has 1 aliphatic rings. The van der Waals surface area contributed by atoms with Gasteiger partial charge >= 0.3 is 5.97 Å². The van der Waals surface area contributed by atoms with Crippen molar-refractivity contribution in [3.63, 3.8) is 0 Å². The maximum atomic E-state index is 10.8. The Balaban J connectivity index is 2.49. The largest absolute Gasteiger partial charge is 0.481 e. The molecule has 0 bridgehead atoms. The minimum Gasteiger partial charge on any atom is -0.481 e. The van der Waals surface area contributed by atoms with E-state index in [1.807, 2.05) is 0 Å². The lowest BCUT2D eigenvalue weighted by Gasteiger charge is -2.42. The molecule has 1 aromatic rings. The predicted octanol–water partition coefficient (Wildman–Crippen LogP) is 3.64. The van der Waals surface area contributed by atoms with Crippen LogP contribution < -0.4 is 5.73 Å². The van der Waals surface area contributed by atoms with E-state index in [0.717, 1.165) is 24.1 Å². The third kappa shape index (κ3) is 2.67. The Hall–Kier alpha value is -1.51. The summed E-state index contributed by atoms with van der Waals surface area (Å²) >= 11 is 0. The van der Waals surface area contributed by atoms with Gasteiger partial charge in [-0.25, -0.2) is 0 Å². The molecule has 3 nitrogen and oxygen atoms in total. The molecule has 3 N–H and O–H groups in total. The van der Waals surface area contributed by atoms with Crippen LogP contribution in [0.1, 0.15) is 63.6 Å². The van der Waals surface area contributed by atoms with Crippen molar-refractivity contribution in [3.05, 3.63) is 28.8 Å². The van der Waals surface area contributed by atoms with Gasteiger partial charge in [0.25, 0.3) is 0 Å². The van der Waals surface area contributed by atoms with E-state index in [1.165, 1.54) is 11.1 Å². The summed E-state index contributed by atoms with van der Waals surface area (Å²) in [7, 11) is 0. The van der Waals surface area contributed by atoms with E-state index < -0.39 is 5.97 Å². The molecule has 0 amide bonds. The first-order valence-corrected chi connectivity index (χ1v) is 7.29. The fourth-order valence-electron chi connectivity index (χ4n) is 3.13. The topological polar surface area (TPSA) is 63.3 Å². The average Bonchev–Trinajstić information content (AvgIpc) is 2.33. The molecule has 20 heavy (non-hydrogen) atoms. The van der Waals surface area contributed by atoms with E-state index in [0.29, 0.717) is 6.42 Å². The zero-order valence-electron chi connectivity index (χ0n) is 12.9. The summed E-state index contributed by atoms with van der Waals surface area (Å²) in [4.78, 5) is 10.8. The third-order valence-electron chi connectivity index (χ3n) is 4.72. The van der Waals surface area contributed by atoms with Gasteiger partial charge in [-0.05, 0) is 52.8 Å². The molecule has 0 unspecified atom stereocenters. The first kappa shape index (κ1) is 14.9. The van der Waals surface area contributed by atoms with Crippen molar-refractivity contribution in [3.8, 4) is 0 Å². The Morgan fingerprint density at radius 1 is 1.15 bits per heavy atom. The SMILES string of the molecule is CC1(C)CCC(C)(C)c2cc(CCC(=O)O)c(N)cc21. The van der Waals surface area contributed by atoms with E-state index in [4.69, 9.17) is 10.8 Å². The van der Waals surface area contributed by atoms with E-state index in [1.54, 1.807) is 0 Å². The van der Waals surface area contributed by atoms with E-state index >= 15 is 0 Å². The summed E-state index contributed by atoms with van der Waals surface area (Å²) < 4.78 is 0. The van der Waals surface area contributed by atoms with E-state index in [-0.39, 0.29) is 17.3 Å². The standard InChI is InChI=1S/C17H25NO2/c1-16(2)7-8-17(3,4)13-10-14(18)11(9-12(13)16)5-6-15(19)20/h9-10H,5-8,18H2,1-4H3,(H,19,20). The summed E-state index contributed by atoms with van der Waals surface area (Å²) in [5.41, 5.74) is 10.8.